The number of aromatic nitrogens is 3. The zero-order valence-electron chi connectivity index (χ0n) is 15.3. The monoisotopic (exact) mass is 478 g/mol. The fourth-order valence-corrected chi connectivity index (χ4v) is 2.53. The molecule has 0 atom stereocenters. The first-order valence-corrected chi connectivity index (χ1v) is 8.31. The third kappa shape index (κ3) is 5.68. The number of benzene rings is 1. The predicted molar refractivity (Wildman–Crippen MR) is 117 cm³/mol. The van der Waals surface area contributed by atoms with Crippen molar-refractivity contribution in [1.29, 1.82) is 0 Å². The largest absolute Gasteiger partial charge is 0.496 e. The molecule has 27 heavy (non-hydrogen) atoms. The van der Waals surface area contributed by atoms with Gasteiger partial charge in [-0.15, -0.1) is 24.0 Å². The van der Waals surface area contributed by atoms with Gasteiger partial charge in [-0.05, 0) is 29.8 Å². The van der Waals surface area contributed by atoms with Crippen molar-refractivity contribution in [1.82, 2.24) is 25.4 Å². The van der Waals surface area contributed by atoms with Crippen molar-refractivity contribution in [2.45, 2.75) is 13.1 Å². The number of pyridine rings is 1. The number of guanidine groups is 1. The number of methoxy groups -OCH3 is 1. The Hall–Kier alpha value is -2.62. The van der Waals surface area contributed by atoms with Crippen LogP contribution in [0, 0.1) is 0 Å². The molecular weight excluding hydrogens is 455 g/mol. The number of aliphatic imine (C=N–C) groups is 1. The molecule has 0 aliphatic carbocycles. The number of rotatable bonds is 6. The summed E-state index contributed by atoms with van der Waals surface area (Å²) >= 11 is 0. The lowest BCUT2D eigenvalue weighted by atomic mass is 10.2. The Morgan fingerprint density at radius 1 is 1.11 bits per heavy atom. The average molecular weight is 478 g/mol. The molecule has 2 heterocycles. The van der Waals surface area contributed by atoms with Gasteiger partial charge in [-0.1, -0.05) is 18.2 Å². The van der Waals surface area contributed by atoms with Crippen molar-refractivity contribution >= 4 is 29.9 Å². The van der Waals surface area contributed by atoms with E-state index in [2.05, 4.69) is 25.7 Å². The maximum Gasteiger partial charge on any atom is 0.191 e. The minimum atomic E-state index is 0. The van der Waals surface area contributed by atoms with Crippen molar-refractivity contribution in [3.63, 3.8) is 0 Å². The van der Waals surface area contributed by atoms with Crippen LogP contribution in [-0.4, -0.2) is 34.9 Å². The molecular formula is C19H23IN6O. The Morgan fingerprint density at radius 3 is 2.67 bits per heavy atom. The SMILES string of the molecule is CN=C(NCc1ccnc(-n2cccn2)c1)NCc1ccccc1OC.I. The molecule has 0 saturated carbocycles. The molecule has 0 aliphatic heterocycles. The van der Waals surface area contributed by atoms with Crippen molar-refractivity contribution in [2.24, 2.45) is 4.99 Å². The molecule has 142 valence electrons. The number of ether oxygens (including phenoxy) is 1. The van der Waals surface area contributed by atoms with Gasteiger partial charge in [0.15, 0.2) is 11.8 Å². The topological polar surface area (TPSA) is 76.4 Å². The molecule has 0 aliphatic rings. The van der Waals surface area contributed by atoms with E-state index in [1.165, 1.54) is 0 Å². The summed E-state index contributed by atoms with van der Waals surface area (Å²) in [4.78, 5) is 8.60. The highest BCUT2D eigenvalue weighted by molar-refractivity contribution is 14.0. The van der Waals surface area contributed by atoms with Gasteiger partial charge in [0, 0.05) is 44.3 Å². The normalized spacial score (nSPS) is 10.8. The van der Waals surface area contributed by atoms with Crippen LogP contribution in [0.1, 0.15) is 11.1 Å². The fourth-order valence-electron chi connectivity index (χ4n) is 2.53. The summed E-state index contributed by atoms with van der Waals surface area (Å²) in [5.41, 5.74) is 2.16. The molecule has 0 saturated heterocycles. The standard InChI is InChI=1S/C19H22N6O.HI/c1-20-19(23-14-16-6-3-4-7-17(16)26-2)22-13-15-8-10-21-18(12-15)25-11-5-9-24-25;/h3-12H,13-14H2,1-2H3,(H2,20,22,23);1H. The summed E-state index contributed by atoms with van der Waals surface area (Å²) in [5.74, 6) is 2.35. The summed E-state index contributed by atoms with van der Waals surface area (Å²) in [6.07, 6.45) is 5.38. The number of hydrogen-bond acceptors (Lipinski definition) is 4. The van der Waals surface area contributed by atoms with Crippen LogP contribution in [0.5, 0.6) is 5.75 Å². The van der Waals surface area contributed by atoms with Crippen LogP contribution >= 0.6 is 24.0 Å². The number of para-hydroxylation sites is 1. The number of nitrogens with one attached hydrogen (secondary N) is 2. The summed E-state index contributed by atoms with van der Waals surface area (Å²) in [7, 11) is 3.42. The van der Waals surface area contributed by atoms with E-state index in [1.807, 2.05) is 48.7 Å². The molecule has 1 aromatic carbocycles. The lowest BCUT2D eigenvalue weighted by molar-refractivity contribution is 0.409. The van der Waals surface area contributed by atoms with Crippen LogP contribution in [0.25, 0.3) is 5.82 Å². The first kappa shape index (κ1) is 20.7. The second-order valence-electron chi connectivity index (χ2n) is 5.56. The third-order valence-electron chi connectivity index (χ3n) is 3.87. The van der Waals surface area contributed by atoms with E-state index in [0.29, 0.717) is 19.0 Å². The van der Waals surface area contributed by atoms with Crippen LogP contribution in [0.2, 0.25) is 0 Å². The average Bonchev–Trinajstić information content (AvgIpc) is 3.23. The molecule has 3 rings (SSSR count). The molecule has 0 amide bonds. The first-order valence-electron chi connectivity index (χ1n) is 8.31. The highest BCUT2D eigenvalue weighted by Gasteiger charge is 2.04. The highest BCUT2D eigenvalue weighted by atomic mass is 127. The van der Waals surface area contributed by atoms with Crippen molar-refractivity contribution in [3.05, 3.63) is 72.2 Å². The Balaban J connectivity index is 0.00000261. The summed E-state index contributed by atoms with van der Waals surface area (Å²) < 4.78 is 7.11. The van der Waals surface area contributed by atoms with Crippen molar-refractivity contribution < 1.29 is 4.74 Å². The molecule has 2 N–H and O–H groups in total. The third-order valence-corrected chi connectivity index (χ3v) is 3.87. The van der Waals surface area contributed by atoms with E-state index in [1.54, 1.807) is 31.2 Å². The maximum atomic E-state index is 5.37. The zero-order valence-corrected chi connectivity index (χ0v) is 17.6. The van der Waals surface area contributed by atoms with E-state index in [-0.39, 0.29) is 24.0 Å². The number of hydrogen-bond donors (Lipinski definition) is 2. The number of nitrogens with zero attached hydrogens (tertiary/aromatic N) is 4. The van der Waals surface area contributed by atoms with Gasteiger partial charge in [-0.2, -0.15) is 5.10 Å². The van der Waals surface area contributed by atoms with Gasteiger partial charge in [0.25, 0.3) is 0 Å². The molecule has 2 aromatic heterocycles. The van der Waals surface area contributed by atoms with Gasteiger partial charge in [0.1, 0.15) is 5.75 Å². The van der Waals surface area contributed by atoms with Gasteiger partial charge < -0.3 is 15.4 Å². The molecule has 0 spiro atoms. The van der Waals surface area contributed by atoms with Crippen LogP contribution in [0.15, 0.2) is 66.0 Å². The van der Waals surface area contributed by atoms with Crippen LogP contribution < -0.4 is 15.4 Å². The molecule has 7 nitrogen and oxygen atoms in total. The van der Waals surface area contributed by atoms with Crippen molar-refractivity contribution in [3.8, 4) is 11.6 Å². The molecule has 0 unspecified atom stereocenters. The van der Waals surface area contributed by atoms with E-state index in [0.717, 1.165) is 22.7 Å². The van der Waals surface area contributed by atoms with E-state index in [4.69, 9.17) is 4.74 Å². The Labute approximate surface area is 175 Å². The second kappa shape index (κ2) is 10.5. The minimum Gasteiger partial charge on any atom is -0.496 e. The van der Waals surface area contributed by atoms with Crippen molar-refractivity contribution in [2.75, 3.05) is 14.2 Å². The first-order chi connectivity index (χ1) is 12.8. The molecule has 0 bridgehead atoms. The van der Waals surface area contributed by atoms with Gasteiger partial charge in [0.2, 0.25) is 0 Å². The fraction of sp³-hybridized carbons (Fsp3) is 0.211. The maximum absolute atomic E-state index is 5.37. The Kier molecular flexibility index (Phi) is 8.05. The van der Waals surface area contributed by atoms with Gasteiger partial charge >= 0.3 is 0 Å². The summed E-state index contributed by atoms with van der Waals surface area (Å²) in [6, 6.07) is 13.7. The van der Waals surface area contributed by atoms with Gasteiger partial charge in [-0.3, -0.25) is 4.99 Å². The predicted octanol–water partition coefficient (Wildman–Crippen LogP) is 2.76. The van der Waals surface area contributed by atoms with Crippen LogP contribution in [0.4, 0.5) is 0 Å². The Morgan fingerprint density at radius 2 is 1.93 bits per heavy atom. The summed E-state index contributed by atoms with van der Waals surface area (Å²) in [6.45, 7) is 1.25. The lowest BCUT2D eigenvalue weighted by Gasteiger charge is -2.14. The van der Waals surface area contributed by atoms with E-state index < -0.39 is 0 Å². The molecule has 0 fully saturated rings. The molecule has 0 radical (unpaired) electrons. The lowest BCUT2D eigenvalue weighted by Crippen LogP contribution is -2.36. The minimum absolute atomic E-state index is 0. The van der Waals surface area contributed by atoms with E-state index in [9.17, 15) is 0 Å². The van der Waals surface area contributed by atoms with Gasteiger partial charge in [0.05, 0.1) is 7.11 Å². The quantitative estimate of drug-likeness (QED) is 0.324. The molecule has 3 aromatic rings. The van der Waals surface area contributed by atoms with Crippen LogP contribution in [-0.2, 0) is 13.1 Å². The Bertz CT molecular complexity index is 866. The van der Waals surface area contributed by atoms with Gasteiger partial charge in [-0.25, -0.2) is 9.67 Å². The molecule has 8 heteroatoms. The highest BCUT2D eigenvalue weighted by Crippen LogP contribution is 2.16. The summed E-state index contributed by atoms with van der Waals surface area (Å²) in [5, 5.41) is 10.8. The van der Waals surface area contributed by atoms with Crippen LogP contribution in [0.3, 0.4) is 0 Å². The number of halogens is 1. The zero-order chi connectivity index (χ0) is 18.2. The van der Waals surface area contributed by atoms with E-state index >= 15 is 0 Å². The second-order valence-corrected chi connectivity index (χ2v) is 5.56. The smallest absolute Gasteiger partial charge is 0.191 e.